The molecule has 354 valence electrons. The van der Waals surface area contributed by atoms with Gasteiger partial charge in [-0.1, -0.05) is 6.58 Å². The van der Waals surface area contributed by atoms with Gasteiger partial charge in [-0.3, -0.25) is 28.5 Å². The van der Waals surface area contributed by atoms with Crippen LogP contribution in [0.2, 0.25) is 0 Å². The van der Waals surface area contributed by atoms with Gasteiger partial charge in [0.05, 0.1) is 63.5 Å². The molecule has 24 nitrogen and oxygen atoms in total. The highest BCUT2D eigenvalue weighted by Crippen LogP contribution is 2.29. The van der Waals surface area contributed by atoms with Gasteiger partial charge < -0.3 is 59.3 Å². The van der Waals surface area contributed by atoms with Gasteiger partial charge in [0.15, 0.2) is 0 Å². The van der Waals surface area contributed by atoms with Crippen LogP contribution < -0.4 is 29.9 Å². The van der Waals surface area contributed by atoms with Crippen molar-refractivity contribution in [3.8, 4) is 12.0 Å². The Hall–Kier alpha value is -8.16. The number of nitrogens with zero attached hydrogens (tertiary/aromatic N) is 8. The number of cyclic esters (lactones) is 2. The van der Waals surface area contributed by atoms with Crippen molar-refractivity contribution >= 4 is 58.7 Å². The highest BCUT2D eigenvalue weighted by Gasteiger charge is 2.35. The van der Waals surface area contributed by atoms with E-state index >= 15 is 0 Å². The first kappa shape index (κ1) is 46.8. The number of amides is 4. The molecule has 2 aromatic carbocycles. The van der Waals surface area contributed by atoms with Crippen LogP contribution in [0.5, 0.6) is 12.0 Å². The Balaban J connectivity index is 0.000000199. The van der Waals surface area contributed by atoms with Crippen LogP contribution in [0, 0.1) is 31.9 Å². The molecule has 0 bridgehead atoms. The maximum absolute atomic E-state index is 14.8. The van der Waals surface area contributed by atoms with Crippen LogP contribution in [0.25, 0.3) is 11.6 Å². The molecule has 67 heavy (non-hydrogen) atoms. The molecule has 0 aliphatic carbocycles. The van der Waals surface area contributed by atoms with E-state index in [1.54, 1.807) is 12.1 Å². The molecule has 2 saturated heterocycles. The number of ether oxygens (including phenoxy) is 6. The molecule has 2 aromatic heterocycles. The summed E-state index contributed by atoms with van der Waals surface area (Å²) < 4.78 is 64.8. The number of imidazole rings is 2. The molecule has 4 aliphatic heterocycles. The molecule has 8 rings (SSSR count). The van der Waals surface area contributed by atoms with E-state index in [9.17, 15) is 48.2 Å². The van der Waals surface area contributed by atoms with Gasteiger partial charge in [0.1, 0.15) is 61.7 Å². The lowest BCUT2D eigenvalue weighted by Gasteiger charge is -2.23. The van der Waals surface area contributed by atoms with Gasteiger partial charge in [-0.2, -0.15) is 0 Å². The lowest BCUT2D eigenvalue weighted by Crippen LogP contribution is -2.33. The molecule has 6 heterocycles. The normalized spacial score (nSPS) is 19.5. The third-order valence-electron chi connectivity index (χ3n) is 10.3. The van der Waals surface area contributed by atoms with Crippen molar-refractivity contribution in [3.05, 3.63) is 105 Å². The largest absolute Gasteiger partial charge is 0.493 e. The van der Waals surface area contributed by atoms with Crippen LogP contribution in [0.3, 0.4) is 0 Å². The molecule has 4 amide bonds. The Morgan fingerprint density at radius 2 is 1.31 bits per heavy atom. The predicted molar refractivity (Wildman–Crippen MR) is 227 cm³/mol. The molecular formula is C41H42F2N10O14. The number of halogens is 2. The maximum Gasteiger partial charge on any atom is 0.414 e. The van der Waals surface area contributed by atoms with Gasteiger partial charge >= 0.3 is 35.8 Å². The van der Waals surface area contributed by atoms with Crippen molar-refractivity contribution in [2.75, 3.05) is 55.8 Å². The van der Waals surface area contributed by atoms with E-state index in [1.165, 1.54) is 81.8 Å². The fourth-order valence-corrected chi connectivity index (χ4v) is 6.99. The number of nitrogens with one attached hydrogen (secondary N) is 2. The number of carbonyl (C=O) groups excluding carboxylic acids is 4. The lowest BCUT2D eigenvalue weighted by molar-refractivity contribution is -0.389. The third kappa shape index (κ3) is 11.6. The van der Waals surface area contributed by atoms with E-state index in [2.05, 4.69) is 27.2 Å². The number of benzene rings is 2. The first-order valence-corrected chi connectivity index (χ1v) is 20.4. The summed E-state index contributed by atoms with van der Waals surface area (Å²) in [7, 11) is 0. The van der Waals surface area contributed by atoms with Gasteiger partial charge in [-0.25, -0.2) is 18.4 Å². The van der Waals surface area contributed by atoms with E-state index in [0.29, 0.717) is 30.0 Å². The zero-order chi connectivity index (χ0) is 47.9. The average Bonchev–Trinajstić information content (AvgIpc) is 4.09. The number of fused-ring (bicyclic) bond motifs is 2. The summed E-state index contributed by atoms with van der Waals surface area (Å²) in [6.07, 6.45) is 2.10. The van der Waals surface area contributed by atoms with Crippen LogP contribution in [0.1, 0.15) is 25.0 Å². The minimum Gasteiger partial charge on any atom is -0.493 e. The Morgan fingerprint density at radius 1 is 0.806 bits per heavy atom. The predicted octanol–water partition coefficient (Wildman–Crippen LogP) is 3.72. The van der Waals surface area contributed by atoms with Crippen molar-refractivity contribution in [1.29, 1.82) is 0 Å². The van der Waals surface area contributed by atoms with E-state index in [4.69, 9.17) is 28.4 Å². The average molecular weight is 937 g/mol. The zero-order valence-electron chi connectivity index (χ0n) is 35.7. The first-order chi connectivity index (χ1) is 32.0. The topological polar surface area (TPSA) is 276 Å². The van der Waals surface area contributed by atoms with Crippen LogP contribution in [-0.2, 0) is 41.6 Å². The summed E-state index contributed by atoms with van der Waals surface area (Å²) in [5.74, 6) is -2.26. The molecule has 4 aliphatic rings. The Kier molecular flexibility index (Phi) is 14.2. The summed E-state index contributed by atoms with van der Waals surface area (Å²) in [4.78, 5) is 76.8. The van der Waals surface area contributed by atoms with Crippen molar-refractivity contribution in [1.82, 2.24) is 29.7 Å². The number of anilines is 2. The zero-order valence-corrected chi connectivity index (χ0v) is 35.7. The Morgan fingerprint density at radius 3 is 1.82 bits per heavy atom. The smallest absolute Gasteiger partial charge is 0.414 e. The van der Waals surface area contributed by atoms with E-state index in [-0.39, 0.29) is 92.6 Å². The standard InChI is InChI=1S/C21H22FN5O7.C20H20FN5O7/c1-12(10-32-16-7-25-9-19(27(30)31)24-20(25)33-11-16)17-4-3-14(5-18(17)22)26-8-15(34-21(26)29)6-23-13(2)28;1-12(27)22-7-15-9-25(20(28)33-15)14-3-2-13(17(21)6-14)4-5-31-16-8-24-10-18(26(29)30)23-19(24)32-11-16/h3-5,9,15-16H,1,6-8,10-11H2,2H3,(H,23,28);2-6,10,15-16H,7-9,11H2,1H3,(H,22,27)/b;5-4+/t2*15-,16-/m00/s1. The first-order valence-electron chi connectivity index (χ1n) is 20.4. The van der Waals surface area contributed by atoms with E-state index in [0.717, 1.165) is 0 Å². The fraction of sp³-hybridized carbons (Fsp3) is 0.366. The van der Waals surface area contributed by atoms with Gasteiger partial charge in [0.25, 0.3) is 0 Å². The molecule has 0 unspecified atom stereocenters. The van der Waals surface area contributed by atoms with Crippen molar-refractivity contribution in [2.45, 2.75) is 51.4 Å². The van der Waals surface area contributed by atoms with E-state index in [1.807, 2.05) is 0 Å². The van der Waals surface area contributed by atoms with Crippen LogP contribution in [-0.4, -0.2) is 123 Å². The number of carbonyl (C=O) groups is 4. The summed E-state index contributed by atoms with van der Waals surface area (Å²) in [6, 6.07) is 8.86. The summed E-state index contributed by atoms with van der Waals surface area (Å²) in [6.45, 7) is 8.18. The second-order valence-corrected chi connectivity index (χ2v) is 15.3. The summed E-state index contributed by atoms with van der Waals surface area (Å²) in [5, 5.41) is 26.8. The number of nitro groups is 2. The monoisotopic (exact) mass is 936 g/mol. The van der Waals surface area contributed by atoms with Gasteiger partial charge in [0.2, 0.25) is 11.8 Å². The molecule has 0 radical (unpaired) electrons. The van der Waals surface area contributed by atoms with Gasteiger partial charge in [0, 0.05) is 34.9 Å². The Bertz CT molecular complexity index is 2620. The maximum atomic E-state index is 14.8. The number of aromatic nitrogens is 4. The minimum atomic E-state index is -0.624. The van der Waals surface area contributed by atoms with Crippen LogP contribution in [0.4, 0.5) is 41.4 Å². The SMILES string of the molecule is C=C(CO[C@@H]1COc2nc([N+](=O)[O-])cn2C1)c1ccc(N2C[C@H](CNC(C)=O)OC2=O)cc1F.CC(=O)NC[C@H]1CN(c2ccc(/C=C/O[C@@H]3COc4nc([N+](=O)[O-])cn4C3)c(F)c2)C(=O)O1. The third-order valence-corrected chi connectivity index (χ3v) is 10.3. The van der Waals surface area contributed by atoms with Gasteiger partial charge in [-0.05, 0) is 57.9 Å². The Labute approximate surface area is 377 Å². The van der Waals surface area contributed by atoms with Crippen molar-refractivity contribution in [2.24, 2.45) is 0 Å². The highest BCUT2D eigenvalue weighted by molar-refractivity contribution is 5.91. The molecule has 0 saturated carbocycles. The lowest BCUT2D eigenvalue weighted by atomic mass is 10.1. The summed E-state index contributed by atoms with van der Waals surface area (Å²) >= 11 is 0. The molecule has 0 spiro atoms. The minimum absolute atomic E-state index is 0.000955. The van der Waals surface area contributed by atoms with Crippen molar-refractivity contribution in [3.63, 3.8) is 0 Å². The highest BCUT2D eigenvalue weighted by atomic mass is 19.1. The van der Waals surface area contributed by atoms with Crippen LogP contribution in [0.15, 0.2) is 61.6 Å². The second-order valence-electron chi connectivity index (χ2n) is 15.3. The van der Waals surface area contributed by atoms with E-state index < -0.39 is 58.1 Å². The van der Waals surface area contributed by atoms with Crippen LogP contribution >= 0.6 is 0 Å². The quantitative estimate of drug-likeness (QED) is 0.0976. The van der Waals surface area contributed by atoms with Crippen molar-refractivity contribution < 1.29 is 66.2 Å². The number of hydrogen-bond acceptors (Lipinski definition) is 16. The molecule has 4 atom stereocenters. The molecule has 2 fully saturated rings. The number of hydrogen-bond donors (Lipinski definition) is 2. The molecule has 26 heteroatoms. The molecule has 4 aromatic rings. The fourth-order valence-electron chi connectivity index (χ4n) is 6.99. The molecule has 2 N–H and O–H groups in total. The molecular weight excluding hydrogens is 895 g/mol. The number of rotatable bonds is 15. The second kappa shape index (κ2) is 20.3. The summed E-state index contributed by atoms with van der Waals surface area (Å²) in [5.41, 5.74) is 1.48. The van der Waals surface area contributed by atoms with Gasteiger partial charge in [-0.15, -0.1) is 0 Å².